The molecule has 5 nitrogen and oxygen atoms in total. The Labute approximate surface area is 196 Å². The standard InChI is InChI=1S/C25H21FN2O3S2/c1-17-11-13-21(14-12-17)28(2)33(30,31)24-22(18-7-4-3-5-8-18)16-32-23(24)25(29)27-20-10-6-9-19(26)15-20/h3-16H,1-2H3,(H,27,29). The van der Waals surface area contributed by atoms with Crippen LogP contribution in [0.1, 0.15) is 15.2 Å². The van der Waals surface area contributed by atoms with Crippen LogP contribution in [0.3, 0.4) is 0 Å². The van der Waals surface area contributed by atoms with E-state index in [1.807, 2.05) is 25.1 Å². The van der Waals surface area contributed by atoms with Crippen molar-refractivity contribution in [2.45, 2.75) is 11.8 Å². The largest absolute Gasteiger partial charge is 0.321 e. The van der Waals surface area contributed by atoms with E-state index >= 15 is 0 Å². The van der Waals surface area contributed by atoms with E-state index in [0.717, 1.165) is 16.9 Å². The van der Waals surface area contributed by atoms with Crippen LogP contribution in [-0.2, 0) is 10.0 Å². The number of carbonyl (C=O) groups excluding carboxylic acids is 1. The molecule has 0 bridgehead atoms. The topological polar surface area (TPSA) is 66.5 Å². The summed E-state index contributed by atoms with van der Waals surface area (Å²) in [4.78, 5) is 13.1. The SMILES string of the molecule is Cc1ccc(N(C)S(=O)(=O)c2c(-c3ccccc3)csc2C(=O)Nc2cccc(F)c2)cc1. The van der Waals surface area contributed by atoms with E-state index in [2.05, 4.69) is 5.32 Å². The summed E-state index contributed by atoms with van der Waals surface area (Å²) in [6, 6.07) is 21.6. The van der Waals surface area contributed by atoms with Gasteiger partial charge in [-0.05, 0) is 42.8 Å². The van der Waals surface area contributed by atoms with Crippen LogP contribution in [0.4, 0.5) is 15.8 Å². The summed E-state index contributed by atoms with van der Waals surface area (Å²) in [6.45, 7) is 1.92. The third kappa shape index (κ3) is 4.67. The molecule has 33 heavy (non-hydrogen) atoms. The van der Waals surface area contributed by atoms with E-state index in [-0.39, 0.29) is 15.5 Å². The number of carbonyl (C=O) groups is 1. The molecule has 0 fully saturated rings. The number of aryl methyl sites for hydroxylation is 1. The highest BCUT2D eigenvalue weighted by atomic mass is 32.2. The van der Waals surface area contributed by atoms with Crippen LogP contribution in [0.2, 0.25) is 0 Å². The third-order valence-corrected chi connectivity index (χ3v) is 8.11. The van der Waals surface area contributed by atoms with Gasteiger partial charge in [-0.2, -0.15) is 0 Å². The second kappa shape index (κ2) is 9.17. The Morgan fingerprint density at radius 2 is 1.67 bits per heavy atom. The van der Waals surface area contributed by atoms with Gasteiger partial charge in [0.05, 0.1) is 5.69 Å². The number of benzene rings is 3. The van der Waals surface area contributed by atoms with Gasteiger partial charge >= 0.3 is 0 Å². The molecular weight excluding hydrogens is 459 g/mol. The summed E-state index contributed by atoms with van der Waals surface area (Å²) < 4.78 is 42.3. The van der Waals surface area contributed by atoms with Crippen LogP contribution in [0.15, 0.2) is 89.1 Å². The molecule has 1 aromatic heterocycles. The van der Waals surface area contributed by atoms with Crippen LogP contribution in [-0.4, -0.2) is 21.4 Å². The van der Waals surface area contributed by atoms with Crippen LogP contribution in [0.5, 0.6) is 0 Å². The number of nitrogens with zero attached hydrogens (tertiary/aromatic N) is 1. The average molecular weight is 481 g/mol. The van der Waals surface area contributed by atoms with Crippen LogP contribution < -0.4 is 9.62 Å². The van der Waals surface area contributed by atoms with Gasteiger partial charge in [0, 0.05) is 23.7 Å². The Morgan fingerprint density at radius 3 is 2.33 bits per heavy atom. The van der Waals surface area contributed by atoms with Gasteiger partial charge in [0.25, 0.3) is 15.9 Å². The Hall–Kier alpha value is -3.49. The van der Waals surface area contributed by atoms with Crippen molar-refractivity contribution in [3.05, 3.63) is 101 Å². The number of halogens is 1. The molecule has 0 saturated carbocycles. The number of anilines is 2. The first kappa shape index (κ1) is 22.7. The van der Waals surface area contributed by atoms with Crippen molar-refractivity contribution in [3.8, 4) is 11.1 Å². The van der Waals surface area contributed by atoms with Crippen molar-refractivity contribution in [1.29, 1.82) is 0 Å². The van der Waals surface area contributed by atoms with Crippen molar-refractivity contribution in [2.24, 2.45) is 0 Å². The summed E-state index contributed by atoms with van der Waals surface area (Å²) in [5.41, 5.74) is 2.82. The van der Waals surface area contributed by atoms with Gasteiger partial charge in [0.15, 0.2) is 0 Å². The summed E-state index contributed by atoms with van der Waals surface area (Å²) in [7, 11) is -2.65. The summed E-state index contributed by atoms with van der Waals surface area (Å²) in [6.07, 6.45) is 0. The van der Waals surface area contributed by atoms with Crippen molar-refractivity contribution >= 4 is 38.6 Å². The Morgan fingerprint density at radius 1 is 0.970 bits per heavy atom. The van der Waals surface area contributed by atoms with Gasteiger partial charge in [-0.25, -0.2) is 12.8 Å². The van der Waals surface area contributed by atoms with Gasteiger partial charge in [0.2, 0.25) is 0 Å². The van der Waals surface area contributed by atoms with Crippen molar-refractivity contribution in [1.82, 2.24) is 0 Å². The molecule has 1 heterocycles. The molecule has 0 aliphatic rings. The molecular formula is C25H21FN2O3S2. The second-order valence-corrected chi connectivity index (χ2v) is 10.2. The number of rotatable bonds is 6. The van der Waals surface area contributed by atoms with Gasteiger partial charge in [-0.1, -0.05) is 54.1 Å². The number of nitrogens with one attached hydrogen (secondary N) is 1. The van der Waals surface area contributed by atoms with Crippen LogP contribution >= 0.6 is 11.3 Å². The fraction of sp³-hybridized carbons (Fsp3) is 0.0800. The zero-order chi connectivity index (χ0) is 23.6. The molecule has 8 heteroatoms. The van der Waals surface area contributed by atoms with E-state index in [4.69, 9.17) is 0 Å². The lowest BCUT2D eigenvalue weighted by Crippen LogP contribution is -2.28. The minimum Gasteiger partial charge on any atom is -0.321 e. The zero-order valence-electron chi connectivity index (χ0n) is 17.9. The highest BCUT2D eigenvalue weighted by molar-refractivity contribution is 7.93. The van der Waals surface area contributed by atoms with E-state index in [9.17, 15) is 17.6 Å². The Bertz CT molecular complexity index is 1400. The minimum absolute atomic E-state index is 0.0251. The van der Waals surface area contributed by atoms with Gasteiger partial charge in [-0.15, -0.1) is 11.3 Å². The lowest BCUT2D eigenvalue weighted by molar-refractivity contribution is 0.102. The second-order valence-electron chi connectivity index (χ2n) is 7.45. The normalized spacial score (nSPS) is 11.2. The molecule has 0 aliphatic heterocycles. The molecule has 0 spiro atoms. The minimum atomic E-state index is -4.11. The molecule has 0 saturated heterocycles. The molecule has 3 aromatic carbocycles. The molecule has 0 aliphatic carbocycles. The fourth-order valence-corrected chi connectivity index (χ4v) is 6.22. The van der Waals surface area contributed by atoms with Crippen LogP contribution in [0, 0.1) is 12.7 Å². The molecule has 168 valence electrons. The van der Waals surface area contributed by atoms with E-state index in [1.165, 1.54) is 29.6 Å². The molecule has 1 amide bonds. The maximum Gasteiger partial charge on any atom is 0.267 e. The Kier molecular flexibility index (Phi) is 6.31. The predicted molar refractivity (Wildman–Crippen MR) is 131 cm³/mol. The first-order valence-electron chi connectivity index (χ1n) is 10.1. The smallest absolute Gasteiger partial charge is 0.267 e. The molecule has 0 radical (unpaired) electrons. The number of sulfonamides is 1. The zero-order valence-corrected chi connectivity index (χ0v) is 19.6. The van der Waals surface area contributed by atoms with Gasteiger partial charge in [-0.3, -0.25) is 9.10 Å². The molecule has 0 atom stereocenters. The van der Waals surface area contributed by atoms with E-state index in [0.29, 0.717) is 16.8 Å². The number of hydrogen-bond acceptors (Lipinski definition) is 4. The number of hydrogen-bond donors (Lipinski definition) is 1. The Balaban J connectivity index is 1.83. The molecule has 1 N–H and O–H groups in total. The van der Waals surface area contributed by atoms with E-state index < -0.39 is 21.7 Å². The first-order chi connectivity index (χ1) is 15.8. The number of amides is 1. The van der Waals surface area contributed by atoms with Gasteiger partial charge < -0.3 is 5.32 Å². The predicted octanol–water partition coefficient (Wildman–Crippen LogP) is 5.94. The first-order valence-corrected chi connectivity index (χ1v) is 12.4. The van der Waals surface area contributed by atoms with Crippen molar-refractivity contribution in [3.63, 3.8) is 0 Å². The lowest BCUT2D eigenvalue weighted by Gasteiger charge is -2.21. The van der Waals surface area contributed by atoms with E-state index in [1.54, 1.807) is 47.8 Å². The molecule has 4 rings (SSSR count). The highest BCUT2D eigenvalue weighted by Gasteiger charge is 2.32. The monoisotopic (exact) mass is 480 g/mol. The fourth-order valence-electron chi connectivity index (χ4n) is 3.36. The number of thiophene rings is 1. The third-order valence-electron chi connectivity index (χ3n) is 5.14. The quantitative estimate of drug-likeness (QED) is 0.371. The molecule has 4 aromatic rings. The summed E-state index contributed by atoms with van der Waals surface area (Å²) in [5, 5.41) is 4.27. The van der Waals surface area contributed by atoms with Crippen molar-refractivity contribution < 1.29 is 17.6 Å². The average Bonchev–Trinajstić information content (AvgIpc) is 3.26. The lowest BCUT2D eigenvalue weighted by atomic mass is 10.1. The van der Waals surface area contributed by atoms with Crippen LogP contribution in [0.25, 0.3) is 11.1 Å². The van der Waals surface area contributed by atoms with Gasteiger partial charge in [0.1, 0.15) is 15.6 Å². The summed E-state index contributed by atoms with van der Waals surface area (Å²) >= 11 is 1.03. The molecule has 0 unspecified atom stereocenters. The maximum atomic E-state index is 13.8. The summed E-state index contributed by atoms with van der Waals surface area (Å²) in [5.74, 6) is -1.13. The highest BCUT2D eigenvalue weighted by Crippen LogP contribution is 2.38. The maximum absolute atomic E-state index is 13.8. The van der Waals surface area contributed by atoms with Crippen molar-refractivity contribution in [2.75, 3.05) is 16.7 Å².